The van der Waals surface area contributed by atoms with Gasteiger partial charge in [-0.2, -0.15) is 0 Å². The largest absolute Gasteiger partial charge is 0.350 e. The molecule has 2 unspecified atom stereocenters. The summed E-state index contributed by atoms with van der Waals surface area (Å²) in [4.78, 5) is 17.5. The molecule has 0 saturated carbocycles. The van der Waals surface area contributed by atoms with Gasteiger partial charge < -0.3 is 4.74 Å². The van der Waals surface area contributed by atoms with E-state index >= 15 is 0 Å². The highest BCUT2D eigenvalue weighted by molar-refractivity contribution is 8.00. The van der Waals surface area contributed by atoms with Crippen molar-refractivity contribution in [3.8, 4) is 0 Å². The summed E-state index contributed by atoms with van der Waals surface area (Å²) in [7, 11) is 0. The smallest absolute Gasteiger partial charge is 0.253 e. The molecule has 1 aliphatic rings. The first-order valence-electron chi connectivity index (χ1n) is 8.70. The Kier molecular flexibility index (Phi) is 7.38. The molecule has 2 aromatic carbocycles. The fraction of sp³-hybridized carbons (Fsp3) is 0.350. The Morgan fingerprint density at radius 1 is 1.15 bits per heavy atom. The van der Waals surface area contributed by atoms with E-state index < -0.39 is 0 Å². The zero-order valence-electron chi connectivity index (χ0n) is 14.4. The summed E-state index contributed by atoms with van der Waals surface area (Å²) in [6, 6.07) is 17.9. The van der Waals surface area contributed by atoms with Gasteiger partial charge in [0.15, 0.2) is 6.29 Å². The standard InChI is InChI=1S/C20H22ClNO3S/c21-17-11-9-16(10-12-17)20(15-6-2-1-3-7-15)26-14-18(23)22-25-19-8-4-5-13-24-19/h1-3,6-7,9-12,19-20H,4-5,8,13-14H2,(H,22,23). The summed E-state index contributed by atoms with van der Waals surface area (Å²) >= 11 is 7.56. The average Bonchev–Trinajstić information content (AvgIpc) is 2.69. The van der Waals surface area contributed by atoms with Crippen LogP contribution in [0.25, 0.3) is 0 Å². The minimum atomic E-state index is -0.334. The molecule has 0 bridgehead atoms. The minimum Gasteiger partial charge on any atom is -0.350 e. The highest BCUT2D eigenvalue weighted by Gasteiger charge is 2.18. The second-order valence-corrected chi connectivity index (χ2v) is 7.62. The predicted octanol–water partition coefficient (Wildman–Crippen LogP) is 4.74. The minimum absolute atomic E-state index is 0.0464. The van der Waals surface area contributed by atoms with Crippen molar-refractivity contribution in [3.63, 3.8) is 0 Å². The summed E-state index contributed by atoms with van der Waals surface area (Å²) in [5.41, 5.74) is 4.76. The average molecular weight is 392 g/mol. The molecule has 2 atom stereocenters. The van der Waals surface area contributed by atoms with Crippen LogP contribution in [0.15, 0.2) is 54.6 Å². The molecule has 3 rings (SSSR count). The van der Waals surface area contributed by atoms with Crippen LogP contribution in [-0.4, -0.2) is 24.6 Å². The van der Waals surface area contributed by atoms with Crippen LogP contribution < -0.4 is 5.48 Å². The molecule has 4 nitrogen and oxygen atoms in total. The van der Waals surface area contributed by atoms with E-state index in [0.29, 0.717) is 11.6 Å². The molecule has 1 saturated heterocycles. The van der Waals surface area contributed by atoms with E-state index in [9.17, 15) is 4.79 Å². The van der Waals surface area contributed by atoms with Crippen LogP contribution in [0.1, 0.15) is 35.6 Å². The Morgan fingerprint density at radius 3 is 2.58 bits per heavy atom. The Bertz CT molecular complexity index is 690. The van der Waals surface area contributed by atoms with Crippen molar-refractivity contribution in [3.05, 3.63) is 70.7 Å². The predicted molar refractivity (Wildman–Crippen MR) is 105 cm³/mol. The third kappa shape index (κ3) is 5.74. The molecule has 1 heterocycles. The number of hydrogen-bond acceptors (Lipinski definition) is 4. The molecule has 1 fully saturated rings. The number of carbonyl (C=O) groups is 1. The van der Waals surface area contributed by atoms with Gasteiger partial charge >= 0.3 is 0 Å². The van der Waals surface area contributed by atoms with Crippen molar-refractivity contribution in [2.24, 2.45) is 0 Å². The number of carbonyl (C=O) groups excluding carboxylic acids is 1. The highest BCUT2D eigenvalue weighted by atomic mass is 35.5. The van der Waals surface area contributed by atoms with E-state index in [1.54, 1.807) is 11.8 Å². The molecule has 0 spiro atoms. The lowest BCUT2D eigenvalue weighted by atomic mass is 10.0. The maximum absolute atomic E-state index is 12.2. The Morgan fingerprint density at radius 2 is 1.88 bits per heavy atom. The first-order valence-corrected chi connectivity index (χ1v) is 10.1. The number of nitrogens with one attached hydrogen (secondary N) is 1. The van der Waals surface area contributed by atoms with Gasteiger partial charge in [-0.05, 0) is 36.1 Å². The number of halogens is 1. The summed E-state index contributed by atoms with van der Waals surface area (Å²) in [6.07, 6.45) is 2.58. The summed E-state index contributed by atoms with van der Waals surface area (Å²) in [6.45, 7) is 0.682. The van der Waals surface area contributed by atoms with Gasteiger partial charge in [0.25, 0.3) is 5.91 Å². The van der Waals surface area contributed by atoms with Gasteiger partial charge in [0, 0.05) is 18.1 Å². The Hall–Kier alpha value is -1.53. The third-order valence-corrected chi connectivity index (χ3v) is 5.66. The van der Waals surface area contributed by atoms with Crippen LogP contribution in [0.3, 0.4) is 0 Å². The summed E-state index contributed by atoms with van der Waals surface area (Å²) in [5, 5.41) is 0.745. The lowest BCUT2D eigenvalue weighted by Crippen LogP contribution is -2.34. The quantitative estimate of drug-likeness (QED) is 0.692. The van der Waals surface area contributed by atoms with E-state index in [0.717, 1.165) is 30.4 Å². The first-order chi connectivity index (χ1) is 12.7. The van der Waals surface area contributed by atoms with Gasteiger partial charge in [-0.1, -0.05) is 54.1 Å². The monoisotopic (exact) mass is 391 g/mol. The summed E-state index contributed by atoms with van der Waals surface area (Å²) < 4.78 is 5.45. The van der Waals surface area contributed by atoms with Crippen molar-refractivity contribution >= 4 is 29.3 Å². The maximum atomic E-state index is 12.2. The van der Waals surface area contributed by atoms with Gasteiger partial charge in [0.1, 0.15) is 0 Å². The van der Waals surface area contributed by atoms with E-state index in [1.807, 2.05) is 42.5 Å². The number of ether oxygens (including phenoxy) is 1. The molecule has 2 aromatic rings. The van der Waals surface area contributed by atoms with E-state index in [2.05, 4.69) is 17.6 Å². The third-order valence-electron chi connectivity index (χ3n) is 4.10. The number of benzene rings is 2. The molecule has 0 radical (unpaired) electrons. The lowest BCUT2D eigenvalue weighted by Gasteiger charge is -2.22. The van der Waals surface area contributed by atoms with Gasteiger partial charge in [-0.15, -0.1) is 11.8 Å². The maximum Gasteiger partial charge on any atom is 0.253 e. The second kappa shape index (κ2) is 9.97. The first kappa shape index (κ1) is 19.2. The lowest BCUT2D eigenvalue weighted by molar-refractivity contribution is -0.199. The van der Waals surface area contributed by atoms with Crippen LogP contribution in [0.5, 0.6) is 0 Å². The molecule has 0 aliphatic carbocycles. The van der Waals surface area contributed by atoms with Gasteiger partial charge in [-0.25, -0.2) is 10.3 Å². The number of hydroxylamine groups is 1. The van der Waals surface area contributed by atoms with Crippen molar-refractivity contribution in [2.75, 3.05) is 12.4 Å². The molecule has 1 aliphatic heterocycles. The molecular formula is C20H22ClNO3S. The van der Waals surface area contributed by atoms with Crippen molar-refractivity contribution in [1.29, 1.82) is 0 Å². The SMILES string of the molecule is O=C(CSC(c1ccccc1)c1ccc(Cl)cc1)NOC1CCCCO1. The van der Waals surface area contributed by atoms with Crippen molar-refractivity contribution in [2.45, 2.75) is 30.8 Å². The van der Waals surface area contributed by atoms with Gasteiger partial charge in [-0.3, -0.25) is 4.79 Å². The van der Waals surface area contributed by atoms with Crippen LogP contribution in [0, 0.1) is 0 Å². The molecular weight excluding hydrogens is 370 g/mol. The zero-order chi connectivity index (χ0) is 18.2. The highest BCUT2D eigenvalue weighted by Crippen LogP contribution is 2.35. The zero-order valence-corrected chi connectivity index (χ0v) is 16.0. The van der Waals surface area contributed by atoms with Crippen LogP contribution in [0.2, 0.25) is 5.02 Å². The van der Waals surface area contributed by atoms with Crippen molar-refractivity contribution in [1.82, 2.24) is 5.48 Å². The Balaban J connectivity index is 1.59. The molecule has 138 valence electrons. The van der Waals surface area contributed by atoms with Crippen molar-refractivity contribution < 1.29 is 14.4 Å². The van der Waals surface area contributed by atoms with Gasteiger partial charge in [0.2, 0.25) is 0 Å². The fourth-order valence-corrected chi connectivity index (χ4v) is 3.98. The molecule has 1 N–H and O–H groups in total. The van der Waals surface area contributed by atoms with E-state index in [1.165, 1.54) is 0 Å². The van der Waals surface area contributed by atoms with Crippen LogP contribution >= 0.6 is 23.4 Å². The molecule has 6 heteroatoms. The normalized spacial score (nSPS) is 18.3. The van der Waals surface area contributed by atoms with Crippen LogP contribution in [0.4, 0.5) is 0 Å². The number of hydrogen-bond donors (Lipinski definition) is 1. The molecule has 0 aromatic heterocycles. The van der Waals surface area contributed by atoms with E-state index in [-0.39, 0.29) is 23.2 Å². The topological polar surface area (TPSA) is 47.6 Å². The number of amides is 1. The van der Waals surface area contributed by atoms with E-state index in [4.69, 9.17) is 21.2 Å². The number of rotatable bonds is 7. The number of thioether (sulfide) groups is 1. The fourth-order valence-electron chi connectivity index (χ4n) is 2.77. The Labute approximate surface area is 163 Å². The summed E-state index contributed by atoms with van der Waals surface area (Å²) in [5.74, 6) is 0.119. The second-order valence-electron chi connectivity index (χ2n) is 6.09. The van der Waals surface area contributed by atoms with Gasteiger partial charge in [0.05, 0.1) is 11.0 Å². The molecule has 1 amide bonds. The molecule has 26 heavy (non-hydrogen) atoms. The van der Waals surface area contributed by atoms with Crippen LogP contribution in [-0.2, 0) is 14.4 Å².